The molecule has 0 N–H and O–H groups in total. The van der Waals surface area contributed by atoms with Crippen LogP contribution >= 0.6 is 23.1 Å². The molecule has 0 amide bonds. The average Bonchev–Trinajstić information content (AvgIpc) is 2.61. The fourth-order valence-corrected chi connectivity index (χ4v) is 2.46. The fourth-order valence-electron chi connectivity index (χ4n) is 0.664. The molecule has 0 saturated carbocycles. The van der Waals surface area contributed by atoms with Gasteiger partial charge < -0.3 is 4.74 Å². The van der Waals surface area contributed by atoms with Crippen molar-refractivity contribution in [3.05, 3.63) is 17.0 Å². The van der Waals surface area contributed by atoms with E-state index in [1.165, 1.54) is 30.2 Å². The van der Waals surface area contributed by atoms with Crippen molar-refractivity contribution in [3.63, 3.8) is 0 Å². The highest BCUT2D eigenvalue weighted by molar-refractivity contribution is 8.01. The molecule has 0 spiro atoms. The standard InChI is InChI=1S/C8H8O3S2/c1-11-7(10)5-12-8-3-2-6(4-9)13-8/h2-4H,5H2,1H3. The Morgan fingerprint density at radius 2 is 2.46 bits per heavy atom. The second-order valence-corrected chi connectivity index (χ2v) is 4.53. The zero-order chi connectivity index (χ0) is 9.68. The summed E-state index contributed by atoms with van der Waals surface area (Å²) in [5, 5.41) is 0. The van der Waals surface area contributed by atoms with Crippen molar-refractivity contribution in [3.8, 4) is 0 Å². The number of carbonyl (C=O) groups excluding carboxylic acids is 2. The highest BCUT2D eigenvalue weighted by Crippen LogP contribution is 2.26. The number of rotatable bonds is 4. The lowest BCUT2D eigenvalue weighted by Gasteiger charge is -1.95. The van der Waals surface area contributed by atoms with Crippen LogP contribution in [0, 0.1) is 0 Å². The van der Waals surface area contributed by atoms with Crippen molar-refractivity contribution in [2.75, 3.05) is 12.9 Å². The molecule has 0 saturated heterocycles. The first kappa shape index (κ1) is 10.3. The Morgan fingerprint density at radius 3 is 3.00 bits per heavy atom. The Hall–Kier alpha value is -0.810. The smallest absolute Gasteiger partial charge is 0.316 e. The van der Waals surface area contributed by atoms with Crippen molar-refractivity contribution in [1.82, 2.24) is 0 Å². The molecule has 0 atom stereocenters. The van der Waals surface area contributed by atoms with Crippen LogP contribution in [0.15, 0.2) is 16.3 Å². The zero-order valence-electron chi connectivity index (χ0n) is 6.98. The van der Waals surface area contributed by atoms with E-state index in [0.29, 0.717) is 4.88 Å². The van der Waals surface area contributed by atoms with Gasteiger partial charge in [-0.2, -0.15) is 0 Å². The molecule has 13 heavy (non-hydrogen) atoms. The van der Waals surface area contributed by atoms with Crippen LogP contribution in [0.5, 0.6) is 0 Å². The maximum atomic E-state index is 10.8. The number of thiophene rings is 1. The second kappa shape index (κ2) is 5.04. The van der Waals surface area contributed by atoms with Gasteiger partial charge in [-0.1, -0.05) is 0 Å². The number of hydrogen-bond donors (Lipinski definition) is 0. The molecule has 0 aliphatic rings. The first-order valence-electron chi connectivity index (χ1n) is 3.51. The number of carbonyl (C=O) groups is 2. The van der Waals surface area contributed by atoms with Gasteiger partial charge in [-0.05, 0) is 12.1 Å². The van der Waals surface area contributed by atoms with E-state index in [-0.39, 0.29) is 11.7 Å². The summed E-state index contributed by atoms with van der Waals surface area (Å²) in [7, 11) is 1.36. The molecule has 0 unspecified atom stereocenters. The quantitative estimate of drug-likeness (QED) is 0.437. The summed E-state index contributed by atoms with van der Waals surface area (Å²) in [6.07, 6.45) is 0.798. The number of thioether (sulfide) groups is 1. The SMILES string of the molecule is COC(=O)CSc1ccc(C=O)s1. The van der Waals surface area contributed by atoms with Crippen LogP contribution in [0.1, 0.15) is 9.67 Å². The largest absolute Gasteiger partial charge is 0.468 e. The van der Waals surface area contributed by atoms with Crippen molar-refractivity contribution in [1.29, 1.82) is 0 Å². The summed E-state index contributed by atoms with van der Waals surface area (Å²) in [4.78, 5) is 21.8. The molecule has 1 aromatic heterocycles. The third-order valence-electron chi connectivity index (χ3n) is 1.28. The number of ether oxygens (including phenoxy) is 1. The molecule has 5 heteroatoms. The Morgan fingerprint density at radius 1 is 1.69 bits per heavy atom. The van der Waals surface area contributed by atoms with Crippen LogP contribution in [-0.4, -0.2) is 25.1 Å². The van der Waals surface area contributed by atoms with Crippen LogP contribution in [0.25, 0.3) is 0 Å². The maximum absolute atomic E-state index is 10.8. The van der Waals surface area contributed by atoms with Gasteiger partial charge in [-0.25, -0.2) is 0 Å². The van der Waals surface area contributed by atoms with Crippen molar-refractivity contribution in [2.24, 2.45) is 0 Å². The predicted molar refractivity (Wildman–Crippen MR) is 52.4 cm³/mol. The number of aldehydes is 1. The molecule has 1 aromatic rings. The summed E-state index contributed by atoms with van der Waals surface area (Å²) in [5.41, 5.74) is 0. The van der Waals surface area contributed by atoms with Gasteiger partial charge in [0.25, 0.3) is 0 Å². The molecule has 3 nitrogen and oxygen atoms in total. The Kier molecular flexibility index (Phi) is 3.98. The molecule has 0 aromatic carbocycles. The average molecular weight is 216 g/mol. The Bertz CT molecular complexity index is 306. The van der Waals surface area contributed by atoms with E-state index in [9.17, 15) is 9.59 Å². The minimum Gasteiger partial charge on any atom is -0.468 e. The molecule has 0 aliphatic heterocycles. The highest BCUT2D eigenvalue weighted by atomic mass is 32.2. The number of esters is 1. The third kappa shape index (κ3) is 3.20. The lowest BCUT2D eigenvalue weighted by atomic mass is 10.5. The third-order valence-corrected chi connectivity index (χ3v) is 3.49. The van der Waals surface area contributed by atoms with Gasteiger partial charge >= 0.3 is 5.97 Å². The lowest BCUT2D eigenvalue weighted by Crippen LogP contribution is -2.02. The van der Waals surface area contributed by atoms with Gasteiger partial charge in [0, 0.05) is 0 Å². The molecule has 0 fully saturated rings. The van der Waals surface area contributed by atoms with Crippen LogP contribution in [0.2, 0.25) is 0 Å². The van der Waals surface area contributed by atoms with Crippen LogP contribution in [0.4, 0.5) is 0 Å². The minimum atomic E-state index is -0.258. The molecule has 1 rings (SSSR count). The first-order valence-corrected chi connectivity index (χ1v) is 5.31. The van der Waals surface area contributed by atoms with E-state index < -0.39 is 0 Å². The van der Waals surface area contributed by atoms with Crippen molar-refractivity contribution in [2.45, 2.75) is 4.21 Å². The van der Waals surface area contributed by atoms with Crippen molar-refractivity contribution >= 4 is 35.4 Å². The van der Waals surface area contributed by atoms with E-state index in [4.69, 9.17) is 0 Å². The Labute approximate surface area is 84.1 Å². The molecule has 1 heterocycles. The van der Waals surface area contributed by atoms with Gasteiger partial charge in [-0.3, -0.25) is 9.59 Å². The topological polar surface area (TPSA) is 43.4 Å². The summed E-state index contributed by atoms with van der Waals surface area (Å²) >= 11 is 2.75. The van der Waals surface area contributed by atoms with E-state index in [1.807, 2.05) is 6.07 Å². The van der Waals surface area contributed by atoms with Gasteiger partial charge in [0.2, 0.25) is 0 Å². The Balaban J connectivity index is 2.45. The summed E-state index contributed by atoms with van der Waals surface area (Å²) in [6, 6.07) is 3.55. The van der Waals surface area contributed by atoms with E-state index >= 15 is 0 Å². The molecule has 0 radical (unpaired) electrons. The second-order valence-electron chi connectivity index (χ2n) is 2.14. The van der Waals surface area contributed by atoms with Crippen molar-refractivity contribution < 1.29 is 14.3 Å². The zero-order valence-corrected chi connectivity index (χ0v) is 8.61. The molecular weight excluding hydrogens is 208 g/mol. The monoisotopic (exact) mass is 216 g/mol. The van der Waals surface area contributed by atoms with Crippen LogP contribution in [-0.2, 0) is 9.53 Å². The number of methoxy groups -OCH3 is 1. The van der Waals surface area contributed by atoms with Gasteiger partial charge in [0.15, 0.2) is 6.29 Å². The molecule has 70 valence electrons. The predicted octanol–water partition coefficient (Wildman–Crippen LogP) is 1.83. The van der Waals surface area contributed by atoms with Crippen LogP contribution in [0.3, 0.4) is 0 Å². The normalized spacial score (nSPS) is 9.62. The summed E-state index contributed by atoms with van der Waals surface area (Å²) in [6.45, 7) is 0. The maximum Gasteiger partial charge on any atom is 0.316 e. The van der Waals surface area contributed by atoms with Gasteiger partial charge in [0.05, 0.1) is 21.9 Å². The molecule has 0 bridgehead atoms. The minimum absolute atomic E-state index is 0.258. The van der Waals surface area contributed by atoms with Gasteiger partial charge in [-0.15, -0.1) is 23.1 Å². The van der Waals surface area contributed by atoms with E-state index in [1.54, 1.807) is 6.07 Å². The molecular formula is C8H8O3S2. The number of hydrogen-bond acceptors (Lipinski definition) is 5. The van der Waals surface area contributed by atoms with E-state index in [2.05, 4.69) is 4.74 Å². The van der Waals surface area contributed by atoms with Crippen LogP contribution < -0.4 is 0 Å². The summed E-state index contributed by atoms with van der Waals surface area (Å²) < 4.78 is 5.43. The van der Waals surface area contributed by atoms with Gasteiger partial charge in [0.1, 0.15) is 0 Å². The summed E-state index contributed by atoms with van der Waals surface area (Å²) in [5.74, 6) is 0.0287. The first-order chi connectivity index (χ1) is 6.26. The fraction of sp³-hybridized carbons (Fsp3) is 0.250. The highest BCUT2D eigenvalue weighted by Gasteiger charge is 2.04. The lowest BCUT2D eigenvalue weighted by molar-refractivity contribution is -0.137. The molecule has 0 aliphatic carbocycles. The van der Waals surface area contributed by atoms with E-state index in [0.717, 1.165) is 10.5 Å².